The summed E-state index contributed by atoms with van der Waals surface area (Å²) in [6.07, 6.45) is 0.774. The average Bonchev–Trinajstić information content (AvgIpc) is 2.52. The van der Waals surface area contributed by atoms with Crippen molar-refractivity contribution in [3.63, 3.8) is 0 Å². The Labute approximate surface area is 123 Å². The Balaban J connectivity index is 1.98. The SMILES string of the molecule is O=Cc1ccc2c(c1)OCCOCCOCCOCCO2. The number of benzene rings is 1. The zero-order valence-corrected chi connectivity index (χ0v) is 11.9. The molecule has 2 rings (SSSR count). The van der Waals surface area contributed by atoms with Crippen LogP contribution < -0.4 is 9.47 Å². The van der Waals surface area contributed by atoms with Gasteiger partial charge >= 0.3 is 0 Å². The number of aldehydes is 1. The molecule has 0 radical (unpaired) electrons. The lowest BCUT2D eigenvalue weighted by Crippen LogP contribution is -2.13. The molecule has 0 unspecified atom stereocenters. The Morgan fingerprint density at radius 1 is 0.714 bits per heavy atom. The highest BCUT2D eigenvalue weighted by atomic mass is 16.6. The first kappa shape index (κ1) is 15.8. The lowest BCUT2D eigenvalue weighted by atomic mass is 10.2. The van der Waals surface area contributed by atoms with E-state index in [1.807, 2.05) is 0 Å². The number of carbonyl (C=O) groups excluding carboxylic acids is 1. The molecule has 1 aromatic carbocycles. The van der Waals surface area contributed by atoms with Crippen molar-refractivity contribution in [3.05, 3.63) is 23.8 Å². The van der Waals surface area contributed by atoms with Crippen molar-refractivity contribution in [1.29, 1.82) is 0 Å². The van der Waals surface area contributed by atoms with E-state index in [4.69, 9.17) is 23.7 Å². The van der Waals surface area contributed by atoms with Crippen molar-refractivity contribution in [2.45, 2.75) is 0 Å². The maximum absolute atomic E-state index is 10.8. The molecule has 0 saturated heterocycles. The van der Waals surface area contributed by atoms with E-state index < -0.39 is 0 Å². The van der Waals surface area contributed by atoms with E-state index in [2.05, 4.69) is 0 Å². The molecule has 0 fully saturated rings. The van der Waals surface area contributed by atoms with Crippen molar-refractivity contribution >= 4 is 6.29 Å². The summed E-state index contributed by atoms with van der Waals surface area (Å²) in [6, 6.07) is 5.07. The molecular formula is C15H20O6. The molecule has 0 saturated carbocycles. The minimum absolute atomic E-state index is 0.384. The van der Waals surface area contributed by atoms with Gasteiger partial charge in [0.25, 0.3) is 0 Å². The van der Waals surface area contributed by atoms with Crippen molar-refractivity contribution in [2.75, 3.05) is 52.9 Å². The molecule has 21 heavy (non-hydrogen) atoms. The van der Waals surface area contributed by atoms with E-state index in [9.17, 15) is 4.79 Å². The lowest BCUT2D eigenvalue weighted by Gasteiger charge is -2.13. The van der Waals surface area contributed by atoms with Crippen molar-refractivity contribution in [1.82, 2.24) is 0 Å². The van der Waals surface area contributed by atoms with Crippen LogP contribution in [0.15, 0.2) is 18.2 Å². The van der Waals surface area contributed by atoms with E-state index in [0.717, 1.165) is 6.29 Å². The Hall–Kier alpha value is -1.63. The maximum atomic E-state index is 10.8. The van der Waals surface area contributed by atoms with Gasteiger partial charge in [0, 0.05) is 5.56 Å². The van der Waals surface area contributed by atoms with E-state index in [0.29, 0.717) is 69.9 Å². The van der Waals surface area contributed by atoms with Crippen LogP contribution in [0, 0.1) is 0 Å². The Morgan fingerprint density at radius 2 is 1.24 bits per heavy atom. The van der Waals surface area contributed by atoms with Crippen LogP contribution in [0.5, 0.6) is 11.5 Å². The van der Waals surface area contributed by atoms with Crippen LogP contribution in [0.25, 0.3) is 0 Å². The Morgan fingerprint density at radius 3 is 1.81 bits per heavy atom. The summed E-state index contributed by atoms with van der Waals surface area (Å²) in [5.41, 5.74) is 0.542. The standard InChI is InChI=1S/C15H20O6/c16-12-13-1-2-14-15(11-13)21-10-8-19-6-4-17-3-5-18-7-9-20-14/h1-2,11-12H,3-10H2. The van der Waals surface area contributed by atoms with Gasteiger partial charge in [-0.2, -0.15) is 0 Å². The van der Waals surface area contributed by atoms with E-state index >= 15 is 0 Å². The van der Waals surface area contributed by atoms with Gasteiger partial charge in [-0.25, -0.2) is 0 Å². The first-order valence-corrected chi connectivity index (χ1v) is 6.98. The van der Waals surface area contributed by atoms with Gasteiger partial charge in [0.1, 0.15) is 19.5 Å². The van der Waals surface area contributed by atoms with Crippen LogP contribution in [0.2, 0.25) is 0 Å². The number of fused-ring (bicyclic) bond motifs is 1. The minimum Gasteiger partial charge on any atom is -0.487 e. The molecule has 0 amide bonds. The highest BCUT2D eigenvalue weighted by molar-refractivity contribution is 5.76. The predicted octanol–water partition coefficient (Wildman–Crippen LogP) is 1.32. The smallest absolute Gasteiger partial charge is 0.162 e. The van der Waals surface area contributed by atoms with Gasteiger partial charge in [-0.15, -0.1) is 0 Å². The molecular weight excluding hydrogens is 276 g/mol. The predicted molar refractivity (Wildman–Crippen MR) is 75.3 cm³/mol. The van der Waals surface area contributed by atoms with Gasteiger partial charge in [0.2, 0.25) is 0 Å². The second-order valence-corrected chi connectivity index (χ2v) is 4.36. The molecule has 0 spiro atoms. The summed E-state index contributed by atoms with van der Waals surface area (Å²) in [5.74, 6) is 1.13. The summed E-state index contributed by atoms with van der Waals surface area (Å²) in [4.78, 5) is 10.8. The number of rotatable bonds is 1. The van der Waals surface area contributed by atoms with E-state index in [1.54, 1.807) is 18.2 Å². The third-order valence-electron chi connectivity index (χ3n) is 2.82. The second-order valence-electron chi connectivity index (χ2n) is 4.36. The largest absolute Gasteiger partial charge is 0.487 e. The van der Waals surface area contributed by atoms with Gasteiger partial charge < -0.3 is 23.7 Å². The monoisotopic (exact) mass is 296 g/mol. The summed E-state index contributed by atoms with van der Waals surface area (Å²) in [7, 11) is 0. The maximum Gasteiger partial charge on any atom is 0.162 e. The van der Waals surface area contributed by atoms with Crippen LogP contribution >= 0.6 is 0 Å². The van der Waals surface area contributed by atoms with Gasteiger partial charge in [-0.1, -0.05) is 0 Å². The van der Waals surface area contributed by atoms with Crippen LogP contribution in [0.3, 0.4) is 0 Å². The molecule has 6 nitrogen and oxygen atoms in total. The van der Waals surface area contributed by atoms with Crippen LogP contribution in [0.1, 0.15) is 10.4 Å². The fourth-order valence-electron chi connectivity index (χ4n) is 1.79. The van der Waals surface area contributed by atoms with E-state index in [1.165, 1.54) is 0 Å². The van der Waals surface area contributed by atoms with Crippen molar-refractivity contribution in [2.24, 2.45) is 0 Å². The molecule has 0 aromatic heterocycles. The fraction of sp³-hybridized carbons (Fsp3) is 0.533. The van der Waals surface area contributed by atoms with Crippen LogP contribution in [-0.4, -0.2) is 59.1 Å². The molecule has 1 aromatic rings. The Kier molecular flexibility index (Phi) is 7.00. The summed E-state index contributed by atoms with van der Waals surface area (Å²) in [5, 5.41) is 0. The Bertz CT molecular complexity index is 434. The average molecular weight is 296 g/mol. The second kappa shape index (κ2) is 9.33. The van der Waals surface area contributed by atoms with Crippen molar-refractivity contribution < 1.29 is 28.5 Å². The number of hydrogen-bond acceptors (Lipinski definition) is 6. The summed E-state index contributed by atoms with van der Waals surface area (Å²) >= 11 is 0. The zero-order chi connectivity index (χ0) is 14.8. The topological polar surface area (TPSA) is 63.2 Å². The van der Waals surface area contributed by atoms with E-state index in [-0.39, 0.29) is 0 Å². The first-order chi connectivity index (χ1) is 10.4. The third kappa shape index (κ3) is 5.71. The van der Waals surface area contributed by atoms with Gasteiger partial charge in [-0.05, 0) is 18.2 Å². The molecule has 1 aliphatic rings. The van der Waals surface area contributed by atoms with Crippen LogP contribution in [-0.2, 0) is 14.2 Å². The number of carbonyl (C=O) groups is 1. The minimum atomic E-state index is 0.384. The number of ether oxygens (including phenoxy) is 5. The third-order valence-corrected chi connectivity index (χ3v) is 2.82. The molecule has 6 heteroatoms. The zero-order valence-electron chi connectivity index (χ0n) is 11.9. The number of hydrogen-bond donors (Lipinski definition) is 0. The molecule has 1 aliphatic heterocycles. The highest BCUT2D eigenvalue weighted by Crippen LogP contribution is 2.28. The van der Waals surface area contributed by atoms with Gasteiger partial charge in [0.15, 0.2) is 11.5 Å². The molecule has 116 valence electrons. The highest BCUT2D eigenvalue weighted by Gasteiger charge is 2.07. The molecule has 0 aliphatic carbocycles. The summed E-state index contributed by atoms with van der Waals surface area (Å²) < 4.78 is 27.3. The lowest BCUT2D eigenvalue weighted by molar-refractivity contribution is 0.00708. The normalized spacial score (nSPS) is 18.3. The fourth-order valence-corrected chi connectivity index (χ4v) is 1.79. The van der Waals surface area contributed by atoms with Crippen molar-refractivity contribution in [3.8, 4) is 11.5 Å². The molecule has 0 atom stereocenters. The van der Waals surface area contributed by atoms with Gasteiger partial charge in [0.05, 0.1) is 39.6 Å². The first-order valence-electron chi connectivity index (χ1n) is 6.98. The molecule has 0 N–H and O–H groups in total. The quantitative estimate of drug-likeness (QED) is 0.728. The molecule has 0 bridgehead atoms. The molecule has 1 heterocycles. The summed E-state index contributed by atoms with van der Waals surface area (Å²) in [6.45, 7) is 3.82. The van der Waals surface area contributed by atoms with Gasteiger partial charge in [-0.3, -0.25) is 4.79 Å². The van der Waals surface area contributed by atoms with Crippen LogP contribution in [0.4, 0.5) is 0 Å².